The van der Waals surface area contributed by atoms with Crippen molar-refractivity contribution in [2.75, 3.05) is 7.11 Å². The van der Waals surface area contributed by atoms with E-state index in [0.717, 1.165) is 5.92 Å². The van der Waals surface area contributed by atoms with E-state index in [1.807, 2.05) is 6.92 Å². The lowest BCUT2D eigenvalue weighted by Gasteiger charge is -2.50. The Labute approximate surface area is 249 Å². The number of fused-ring (bicyclic) bond motifs is 1. The molecule has 1 saturated carbocycles. The third-order valence-corrected chi connectivity index (χ3v) is 8.45. The second kappa shape index (κ2) is 14.3. The molecule has 0 radical (unpaired) electrons. The monoisotopic (exact) mass is 578 g/mol. The Kier molecular flexibility index (Phi) is 11.3. The van der Waals surface area contributed by atoms with Gasteiger partial charge in [0.05, 0.1) is 24.9 Å². The molecule has 0 saturated heterocycles. The van der Waals surface area contributed by atoms with Crippen molar-refractivity contribution in [3.05, 3.63) is 83.2 Å². The average Bonchev–Trinajstić information content (AvgIpc) is 2.96. The lowest BCUT2D eigenvalue weighted by atomic mass is 9.68. The molecule has 1 amide bonds. The highest BCUT2D eigenvalue weighted by Gasteiger charge is 2.52. The summed E-state index contributed by atoms with van der Waals surface area (Å²) in [5, 5.41) is 27.0. The van der Waals surface area contributed by atoms with E-state index in [2.05, 4.69) is 61.6 Å². The number of halogens is 1. The Bertz CT molecular complexity index is 1410. The van der Waals surface area contributed by atoms with Crippen LogP contribution in [0.25, 0.3) is 16.3 Å². The van der Waals surface area contributed by atoms with E-state index in [4.69, 9.17) is 10.5 Å². The first-order valence-corrected chi connectivity index (χ1v) is 14.8. The van der Waals surface area contributed by atoms with E-state index < -0.39 is 35.5 Å². The van der Waals surface area contributed by atoms with Crippen LogP contribution in [0.1, 0.15) is 64.2 Å². The summed E-state index contributed by atoms with van der Waals surface area (Å²) in [5.41, 5.74) is 7.63. The van der Waals surface area contributed by atoms with E-state index in [0.29, 0.717) is 24.0 Å². The van der Waals surface area contributed by atoms with Gasteiger partial charge >= 0.3 is 0 Å². The van der Waals surface area contributed by atoms with Gasteiger partial charge in [-0.2, -0.15) is 0 Å². The minimum atomic E-state index is -1.27. The molecule has 42 heavy (non-hydrogen) atoms. The molecule has 1 aliphatic carbocycles. The van der Waals surface area contributed by atoms with Crippen LogP contribution in [0, 0.1) is 24.6 Å². The van der Waals surface area contributed by atoms with Crippen LogP contribution in [-0.4, -0.2) is 47.0 Å². The first-order valence-electron chi connectivity index (χ1n) is 14.8. The number of nitrogens with two attached hydrogens (primary N) is 1. The number of aliphatic hydroxyl groups excluding tert-OH is 2. The van der Waals surface area contributed by atoms with Crippen molar-refractivity contribution in [3.63, 3.8) is 0 Å². The van der Waals surface area contributed by atoms with Crippen LogP contribution in [0.3, 0.4) is 0 Å². The number of ether oxygens (including phenoxy) is 1. The van der Waals surface area contributed by atoms with E-state index >= 15 is 0 Å². The molecular formula is C35H47FN2O4. The zero-order valence-electron chi connectivity index (χ0n) is 25.9. The maximum Gasteiger partial charge on any atom is 0.252 e. The minimum absolute atomic E-state index is 0.0827. The third kappa shape index (κ3) is 7.20. The molecule has 4 rings (SSSR count). The van der Waals surface area contributed by atoms with E-state index in [-0.39, 0.29) is 17.2 Å². The molecule has 5 N–H and O–H groups in total. The zero-order chi connectivity index (χ0) is 31.2. The predicted molar refractivity (Wildman–Crippen MR) is 169 cm³/mol. The standard InChI is InChI=1S/C21H31FN2O4.C14H16/c1-6-13(14-10-15(22)16(28-5)8-11(14)3)20(27)24-21(7-2)17(25)9-12(4)18(23)19(21)26;1-11(2)9-12-7-8-13-5-3-4-6-14(13)10-12/h6,8,10,12,17-19,25-26H,7,9,23H2,1-5H3,(H,24,27);3-8,10-11H,9H2,1-2H3/b13-6+;/t12?,17?,18-,19?,21+;/m1./s1. The van der Waals surface area contributed by atoms with Crippen LogP contribution in [0.2, 0.25) is 0 Å². The number of aliphatic hydroxyl groups is 2. The molecule has 1 aliphatic rings. The summed E-state index contributed by atoms with van der Waals surface area (Å²) in [6, 6.07) is 17.5. The van der Waals surface area contributed by atoms with Crippen molar-refractivity contribution in [1.29, 1.82) is 0 Å². The first-order chi connectivity index (χ1) is 19.9. The molecule has 7 heteroatoms. The summed E-state index contributed by atoms with van der Waals surface area (Å²) < 4.78 is 19.2. The number of hydrogen-bond acceptors (Lipinski definition) is 5. The first kappa shape index (κ1) is 33.2. The number of carbonyl (C=O) groups is 1. The second-order valence-corrected chi connectivity index (χ2v) is 11.9. The van der Waals surface area contributed by atoms with Gasteiger partial charge in [0, 0.05) is 11.6 Å². The topological polar surface area (TPSA) is 105 Å². The SMILES string of the molecule is C/C=C(/C(=O)N[C@@]1(CC)C(O)CC(C)[C@@H](N)C1O)c1cc(F)c(OC)cc1C.CC(C)Cc1ccc2ccccc2c1. The highest BCUT2D eigenvalue weighted by molar-refractivity contribution is 6.20. The maximum absolute atomic E-state index is 14.2. The molecule has 3 aromatic rings. The number of hydrogen-bond donors (Lipinski definition) is 4. The fourth-order valence-electron chi connectivity index (χ4n) is 5.89. The van der Waals surface area contributed by atoms with Gasteiger partial charge in [0.25, 0.3) is 5.91 Å². The van der Waals surface area contributed by atoms with E-state index in [1.54, 1.807) is 26.8 Å². The highest BCUT2D eigenvalue weighted by atomic mass is 19.1. The molecule has 3 unspecified atom stereocenters. The van der Waals surface area contributed by atoms with Gasteiger partial charge < -0.3 is 26.0 Å². The number of nitrogens with one attached hydrogen (secondary N) is 1. The molecule has 0 aliphatic heterocycles. The fourth-order valence-corrected chi connectivity index (χ4v) is 5.89. The Morgan fingerprint density at radius 3 is 2.43 bits per heavy atom. The lowest BCUT2D eigenvalue weighted by Crippen LogP contribution is -2.72. The van der Waals surface area contributed by atoms with Crippen LogP contribution in [0.5, 0.6) is 5.75 Å². The van der Waals surface area contributed by atoms with Crippen LogP contribution < -0.4 is 15.8 Å². The van der Waals surface area contributed by atoms with Crippen molar-refractivity contribution < 1.29 is 24.1 Å². The summed E-state index contributed by atoms with van der Waals surface area (Å²) in [4.78, 5) is 13.1. The molecule has 228 valence electrons. The Balaban J connectivity index is 0.000000287. The number of rotatable bonds is 7. The van der Waals surface area contributed by atoms with Gasteiger partial charge in [-0.05, 0) is 84.5 Å². The zero-order valence-corrected chi connectivity index (χ0v) is 25.9. The lowest BCUT2D eigenvalue weighted by molar-refractivity contribution is -0.130. The molecule has 0 heterocycles. The Hall–Kier alpha value is -3.26. The number of benzene rings is 3. The molecule has 0 aromatic heterocycles. The number of allylic oxidation sites excluding steroid dienone is 1. The van der Waals surface area contributed by atoms with Crippen molar-refractivity contribution in [2.45, 2.75) is 84.6 Å². The van der Waals surface area contributed by atoms with Gasteiger partial charge in [-0.25, -0.2) is 4.39 Å². The second-order valence-electron chi connectivity index (χ2n) is 11.9. The molecule has 3 aromatic carbocycles. The van der Waals surface area contributed by atoms with Crippen LogP contribution in [0.4, 0.5) is 4.39 Å². The smallest absolute Gasteiger partial charge is 0.252 e. The van der Waals surface area contributed by atoms with Crippen LogP contribution in [0.15, 0.2) is 60.7 Å². The number of carbonyl (C=O) groups excluding carboxylic acids is 1. The predicted octanol–water partition coefficient (Wildman–Crippen LogP) is 5.94. The Morgan fingerprint density at radius 1 is 1.17 bits per heavy atom. The van der Waals surface area contributed by atoms with Crippen molar-refractivity contribution in [1.82, 2.24) is 5.32 Å². The van der Waals surface area contributed by atoms with Gasteiger partial charge in [-0.3, -0.25) is 4.79 Å². The van der Waals surface area contributed by atoms with E-state index in [1.165, 1.54) is 42.0 Å². The summed E-state index contributed by atoms with van der Waals surface area (Å²) in [5.74, 6) is -0.331. The van der Waals surface area contributed by atoms with Gasteiger partial charge in [0.15, 0.2) is 11.6 Å². The maximum atomic E-state index is 14.2. The normalized spacial score (nSPS) is 24.2. The quantitative estimate of drug-likeness (QED) is 0.260. The van der Waals surface area contributed by atoms with Gasteiger partial charge in [0.1, 0.15) is 0 Å². The van der Waals surface area contributed by atoms with Crippen molar-refractivity contribution in [3.8, 4) is 5.75 Å². The molecule has 6 nitrogen and oxygen atoms in total. The van der Waals surface area contributed by atoms with Crippen molar-refractivity contribution >= 4 is 22.3 Å². The highest BCUT2D eigenvalue weighted by Crippen LogP contribution is 2.36. The summed E-state index contributed by atoms with van der Waals surface area (Å²) in [7, 11) is 1.38. The number of methoxy groups -OCH3 is 1. The fraction of sp³-hybridized carbons (Fsp3) is 0.457. The molecule has 0 spiro atoms. The molecule has 1 fully saturated rings. The summed E-state index contributed by atoms with van der Waals surface area (Å²) >= 11 is 0. The van der Waals surface area contributed by atoms with Crippen LogP contribution >= 0.6 is 0 Å². The molecular weight excluding hydrogens is 531 g/mol. The molecule has 0 bridgehead atoms. The largest absolute Gasteiger partial charge is 0.494 e. The number of aryl methyl sites for hydroxylation is 1. The molecule has 5 atom stereocenters. The summed E-state index contributed by atoms with van der Waals surface area (Å²) in [6.07, 6.45) is 1.37. The van der Waals surface area contributed by atoms with Gasteiger partial charge in [-0.1, -0.05) is 76.2 Å². The summed E-state index contributed by atoms with van der Waals surface area (Å²) in [6.45, 7) is 11.6. The minimum Gasteiger partial charge on any atom is -0.494 e. The van der Waals surface area contributed by atoms with Gasteiger partial charge in [0.2, 0.25) is 0 Å². The number of amides is 1. The van der Waals surface area contributed by atoms with Crippen LogP contribution in [-0.2, 0) is 11.2 Å². The van der Waals surface area contributed by atoms with Gasteiger partial charge in [-0.15, -0.1) is 0 Å². The van der Waals surface area contributed by atoms with E-state index in [9.17, 15) is 19.4 Å². The third-order valence-electron chi connectivity index (χ3n) is 8.45. The van der Waals surface area contributed by atoms with Crippen molar-refractivity contribution in [2.24, 2.45) is 17.6 Å². The average molecular weight is 579 g/mol. The Morgan fingerprint density at radius 2 is 1.83 bits per heavy atom.